The molecule has 3 heteroatoms. The van der Waals surface area contributed by atoms with Gasteiger partial charge in [-0.3, -0.25) is 0 Å². The number of hydrogen-bond acceptors (Lipinski definition) is 2. The Bertz CT molecular complexity index is 357. The van der Waals surface area contributed by atoms with Gasteiger partial charge in [-0.15, -0.1) is 0 Å². The van der Waals surface area contributed by atoms with Gasteiger partial charge in [0.05, 0.1) is 6.33 Å². The van der Waals surface area contributed by atoms with E-state index >= 15 is 0 Å². The molecule has 2 aliphatic rings. The van der Waals surface area contributed by atoms with Gasteiger partial charge in [0.1, 0.15) is 0 Å². The maximum Gasteiger partial charge on any atom is 0.0953 e. The second-order valence-electron chi connectivity index (χ2n) is 5.58. The Morgan fingerprint density at radius 2 is 2.25 bits per heavy atom. The first-order valence-corrected chi connectivity index (χ1v) is 6.53. The second-order valence-corrected chi connectivity index (χ2v) is 5.58. The van der Waals surface area contributed by atoms with E-state index in [4.69, 9.17) is 0 Å². The van der Waals surface area contributed by atoms with Gasteiger partial charge in [-0.2, -0.15) is 0 Å². The summed E-state index contributed by atoms with van der Waals surface area (Å²) in [5.74, 6) is 0.680. The molecule has 1 aliphatic carbocycles. The largest absolute Gasteiger partial charge is 0.328 e. The molecule has 88 valence electrons. The lowest BCUT2D eigenvalue weighted by molar-refractivity contribution is 0.315. The Labute approximate surface area is 97.3 Å². The first kappa shape index (κ1) is 10.3. The molecule has 1 saturated heterocycles. The SMILES string of the molecule is CC1(n2cncc2C2CCNC2)CCCC1. The lowest BCUT2D eigenvalue weighted by Crippen LogP contribution is -2.28. The molecule has 1 saturated carbocycles. The van der Waals surface area contributed by atoms with Crippen molar-refractivity contribution in [2.75, 3.05) is 13.1 Å². The van der Waals surface area contributed by atoms with Gasteiger partial charge in [-0.25, -0.2) is 4.98 Å². The van der Waals surface area contributed by atoms with Crippen LogP contribution in [-0.2, 0) is 5.54 Å². The van der Waals surface area contributed by atoms with Crippen molar-refractivity contribution in [1.82, 2.24) is 14.9 Å². The van der Waals surface area contributed by atoms with E-state index in [1.807, 2.05) is 0 Å². The van der Waals surface area contributed by atoms with Gasteiger partial charge < -0.3 is 9.88 Å². The van der Waals surface area contributed by atoms with Gasteiger partial charge >= 0.3 is 0 Å². The minimum absolute atomic E-state index is 0.342. The molecule has 1 aromatic rings. The van der Waals surface area contributed by atoms with E-state index in [0.29, 0.717) is 11.5 Å². The molecule has 0 spiro atoms. The number of nitrogens with zero attached hydrogens (tertiary/aromatic N) is 2. The van der Waals surface area contributed by atoms with E-state index in [9.17, 15) is 0 Å². The van der Waals surface area contributed by atoms with Crippen LogP contribution in [0.3, 0.4) is 0 Å². The summed E-state index contributed by atoms with van der Waals surface area (Å²) in [6, 6.07) is 0. The van der Waals surface area contributed by atoms with Crippen LogP contribution in [0.4, 0.5) is 0 Å². The molecule has 3 nitrogen and oxygen atoms in total. The van der Waals surface area contributed by atoms with E-state index in [1.54, 1.807) is 0 Å². The van der Waals surface area contributed by atoms with Crippen LogP contribution in [0.5, 0.6) is 0 Å². The number of aromatic nitrogens is 2. The zero-order chi connectivity index (χ0) is 11.0. The standard InChI is InChI=1S/C13H21N3/c1-13(5-2-3-6-13)16-10-15-9-12(16)11-4-7-14-8-11/h9-11,14H,2-8H2,1H3. The summed E-state index contributed by atoms with van der Waals surface area (Å²) in [4.78, 5) is 4.39. The highest BCUT2D eigenvalue weighted by Crippen LogP contribution is 2.38. The predicted molar refractivity (Wildman–Crippen MR) is 64.6 cm³/mol. The fraction of sp³-hybridized carbons (Fsp3) is 0.769. The summed E-state index contributed by atoms with van der Waals surface area (Å²) in [5, 5.41) is 3.45. The van der Waals surface area contributed by atoms with Crippen molar-refractivity contribution in [3.63, 3.8) is 0 Å². The highest BCUT2D eigenvalue weighted by molar-refractivity contribution is 5.13. The van der Waals surface area contributed by atoms with Gasteiger partial charge in [0.2, 0.25) is 0 Å². The fourth-order valence-corrected chi connectivity index (χ4v) is 3.34. The summed E-state index contributed by atoms with van der Waals surface area (Å²) in [7, 11) is 0. The van der Waals surface area contributed by atoms with Gasteiger partial charge in [0.25, 0.3) is 0 Å². The minimum atomic E-state index is 0.342. The molecule has 1 N–H and O–H groups in total. The molecule has 0 amide bonds. The third-order valence-corrected chi connectivity index (χ3v) is 4.41. The minimum Gasteiger partial charge on any atom is -0.328 e. The average Bonchev–Trinajstić information content (AvgIpc) is 2.98. The normalized spacial score (nSPS) is 28.7. The average molecular weight is 219 g/mol. The van der Waals surface area contributed by atoms with E-state index < -0.39 is 0 Å². The summed E-state index contributed by atoms with van der Waals surface area (Å²) >= 11 is 0. The summed E-state index contributed by atoms with van der Waals surface area (Å²) in [6.07, 6.45) is 10.8. The van der Waals surface area contributed by atoms with Crippen LogP contribution < -0.4 is 5.32 Å². The van der Waals surface area contributed by atoms with Gasteiger partial charge in [-0.05, 0) is 32.7 Å². The number of rotatable bonds is 2. The molecule has 2 fully saturated rings. The van der Waals surface area contributed by atoms with Crippen molar-refractivity contribution in [2.24, 2.45) is 0 Å². The Balaban J connectivity index is 1.92. The van der Waals surface area contributed by atoms with Crippen LogP contribution in [0.2, 0.25) is 0 Å². The molecule has 3 rings (SSSR count). The van der Waals surface area contributed by atoms with Crippen LogP contribution in [0.15, 0.2) is 12.5 Å². The van der Waals surface area contributed by atoms with Crippen molar-refractivity contribution in [2.45, 2.75) is 50.5 Å². The third kappa shape index (κ3) is 1.58. The van der Waals surface area contributed by atoms with Crippen LogP contribution in [0, 0.1) is 0 Å². The van der Waals surface area contributed by atoms with E-state index in [1.165, 1.54) is 37.8 Å². The highest BCUT2D eigenvalue weighted by Gasteiger charge is 2.33. The summed E-state index contributed by atoms with van der Waals surface area (Å²) < 4.78 is 2.47. The van der Waals surface area contributed by atoms with Crippen LogP contribution in [0.25, 0.3) is 0 Å². The second kappa shape index (κ2) is 3.88. The Hall–Kier alpha value is -0.830. The lowest BCUT2D eigenvalue weighted by atomic mass is 9.97. The van der Waals surface area contributed by atoms with E-state index in [0.717, 1.165) is 13.1 Å². The van der Waals surface area contributed by atoms with Gasteiger partial charge in [0.15, 0.2) is 0 Å². The monoisotopic (exact) mass is 219 g/mol. The van der Waals surface area contributed by atoms with E-state index in [-0.39, 0.29) is 0 Å². The van der Waals surface area contributed by atoms with Crippen molar-refractivity contribution in [1.29, 1.82) is 0 Å². The molecule has 1 unspecified atom stereocenters. The molecular weight excluding hydrogens is 198 g/mol. The van der Waals surface area contributed by atoms with Crippen molar-refractivity contribution >= 4 is 0 Å². The molecule has 0 bridgehead atoms. The topological polar surface area (TPSA) is 29.9 Å². The van der Waals surface area contributed by atoms with Crippen LogP contribution in [0.1, 0.15) is 50.6 Å². The van der Waals surface area contributed by atoms with Crippen molar-refractivity contribution < 1.29 is 0 Å². The van der Waals surface area contributed by atoms with Crippen molar-refractivity contribution in [3.8, 4) is 0 Å². The first-order valence-electron chi connectivity index (χ1n) is 6.53. The third-order valence-electron chi connectivity index (χ3n) is 4.41. The highest BCUT2D eigenvalue weighted by atomic mass is 15.1. The quantitative estimate of drug-likeness (QED) is 0.826. The van der Waals surface area contributed by atoms with Gasteiger partial charge in [0, 0.05) is 29.9 Å². The molecule has 0 radical (unpaired) electrons. The zero-order valence-corrected chi connectivity index (χ0v) is 10.1. The Morgan fingerprint density at radius 3 is 2.94 bits per heavy atom. The predicted octanol–water partition coefficient (Wildman–Crippen LogP) is 2.25. The molecular formula is C13H21N3. The van der Waals surface area contributed by atoms with Gasteiger partial charge in [-0.1, -0.05) is 12.8 Å². The Kier molecular flexibility index (Phi) is 2.51. The molecule has 0 aromatic carbocycles. The summed E-state index contributed by atoms with van der Waals surface area (Å²) in [6.45, 7) is 4.68. The maximum absolute atomic E-state index is 4.39. The van der Waals surface area contributed by atoms with E-state index in [2.05, 4.69) is 34.3 Å². The molecule has 1 atom stereocenters. The Morgan fingerprint density at radius 1 is 1.44 bits per heavy atom. The fourth-order valence-electron chi connectivity index (χ4n) is 3.34. The zero-order valence-electron chi connectivity index (χ0n) is 10.1. The van der Waals surface area contributed by atoms with Crippen LogP contribution >= 0.6 is 0 Å². The molecule has 1 aromatic heterocycles. The number of imidazole rings is 1. The smallest absolute Gasteiger partial charge is 0.0953 e. The molecule has 1 aliphatic heterocycles. The van der Waals surface area contributed by atoms with Crippen molar-refractivity contribution in [3.05, 3.63) is 18.2 Å². The number of nitrogens with one attached hydrogen (secondary N) is 1. The van der Waals surface area contributed by atoms with Crippen LogP contribution in [-0.4, -0.2) is 22.6 Å². The first-order chi connectivity index (χ1) is 7.80. The summed E-state index contributed by atoms with van der Waals surface area (Å²) in [5.41, 5.74) is 1.79. The molecule has 16 heavy (non-hydrogen) atoms. The maximum atomic E-state index is 4.39. The number of hydrogen-bond donors (Lipinski definition) is 1. The molecule has 2 heterocycles. The lowest BCUT2D eigenvalue weighted by Gasteiger charge is -2.29.